The highest BCUT2D eigenvalue weighted by Crippen LogP contribution is 2.35. The molecule has 0 spiro atoms. The summed E-state index contributed by atoms with van der Waals surface area (Å²) < 4.78 is 12.8. The van der Waals surface area contributed by atoms with Crippen LogP contribution in [0.15, 0.2) is 36.5 Å². The second-order valence-corrected chi connectivity index (χ2v) is 5.11. The topological polar surface area (TPSA) is 36.3 Å². The molecule has 1 aromatic heterocycles. The van der Waals surface area contributed by atoms with Crippen LogP contribution in [0.5, 0.6) is 5.75 Å². The van der Waals surface area contributed by atoms with Crippen LogP contribution in [0, 0.1) is 0 Å². The third-order valence-corrected chi connectivity index (χ3v) is 3.78. The van der Waals surface area contributed by atoms with E-state index in [0.717, 1.165) is 11.3 Å². The lowest BCUT2D eigenvalue weighted by atomic mass is 9.93. The van der Waals surface area contributed by atoms with Crippen molar-refractivity contribution in [1.29, 1.82) is 0 Å². The lowest BCUT2D eigenvalue weighted by Crippen LogP contribution is -2.18. The van der Waals surface area contributed by atoms with Gasteiger partial charge < -0.3 is 9.47 Å². The van der Waals surface area contributed by atoms with E-state index in [9.17, 15) is 0 Å². The smallest absolute Gasteiger partial charge is 0.120 e. The van der Waals surface area contributed by atoms with Crippen LogP contribution in [0.3, 0.4) is 0 Å². The zero-order valence-corrected chi connectivity index (χ0v) is 11.8. The fraction of sp³-hybridized carbons (Fsp3) is 0.438. The summed E-state index contributed by atoms with van der Waals surface area (Å²) in [7, 11) is 1.68. The molecule has 0 aliphatic heterocycles. The fourth-order valence-electron chi connectivity index (χ4n) is 2.45. The number of rotatable bonds is 6. The maximum Gasteiger partial charge on any atom is 0.120 e. The van der Waals surface area contributed by atoms with Crippen molar-refractivity contribution in [1.82, 2.24) is 9.78 Å². The van der Waals surface area contributed by atoms with Gasteiger partial charge in [-0.3, -0.25) is 4.68 Å². The van der Waals surface area contributed by atoms with Crippen molar-refractivity contribution in [3.63, 3.8) is 0 Å². The molecule has 106 valence electrons. The van der Waals surface area contributed by atoms with Gasteiger partial charge in [-0.25, -0.2) is 0 Å². The Balaban J connectivity index is 1.79. The van der Waals surface area contributed by atoms with Gasteiger partial charge in [-0.2, -0.15) is 5.10 Å². The zero-order chi connectivity index (χ0) is 13.8. The second kappa shape index (κ2) is 6.09. The molecule has 0 atom stereocenters. The molecular formula is C16H20N2O2. The number of methoxy groups -OCH3 is 1. The molecule has 0 amide bonds. The summed E-state index contributed by atoms with van der Waals surface area (Å²) in [6.07, 6.45) is 5.66. The average molecular weight is 272 g/mol. The van der Waals surface area contributed by atoms with Crippen molar-refractivity contribution in [3.8, 4) is 17.0 Å². The Morgan fingerprint density at radius 2 is 2.15 bits per heavy atom. The van der Waals surface area contributed by atoms with Gasteiger partial charge in [0.05, 0.1) is 18.3 Å². The fourth-order valence-corrected chi connectivity index (χ4v) is 2.45. The van der Waals surface area contributed by atoms with Crippen LogP contribution in [-0.4, -0.2) is 30.1 Å². The van der Waals surface area contributed by atoms with Crippen LogP contribution >= 0.6 is 0 Å². The molecule has 1 heterocycles. The highest BCUT2D eigenvalue weighted by molar-refractivity contribution is 5.61. The van der Waals surface area contributed by atoms with E-state index in [1.54, 1.807) is 7.11 Å². The van der Waals surface area contributed by atoms with E-state index in [2.05, 4.69) is 28.0 Å². The molecule has 1 aliphatic carbocycles. The van der Waals surface area contributed by atoms with Gasteiger partial charge in [-0.1, -0.05) is 12.1 Å². The van der Waals surface area contributed by atoms with Gasteiger partial charge in [0.2, 0.25) is 0 Å². The lowest BCUT2D eigenvalue weighted by molar-refractivity contribution is 0.146. The third kappa shape index (κ3) is 2.70. The third-order valence-electron chi connectivity index (χ3n) is 3.78. The minimum atomic E-state index is 0.568. The van der Waals surface area contributed by atoms with Crippen molar-refractivity contribution in [2.45, 2.75) is 25.3 Å². The van der Waals surface area contributed by atoms with Gasteiger partial charge in [-0.05, 0) is 37.5 Å². The van der Waals surface area contributed by atoms with E-state index in [0.29, 0.717) is 19.3 Å². The monoisotopic (exact) mass is 272 g/mol. The van der Waals surface area contributed by atoms with Crippen molar-refractivity contribution < 1.29 is 9.47 Å². The normalized spacial score (nSPS) is 15.1. The first-order chi connectivity index (χ1) is 9.88. The standard InChI is InChI=1S/C16H20N2O2/c1-19-10-11-20-15-7-2-4-13(12-15)16-8-9-17-18(16)14-5-3-6-14/h2,4,7-9,12,14H,3,5-6,10-11H2,1H3. The molecule has 1 saturated carbocycles. The Labute approximate surface area is 119 Å². The largest absolute Gasteiger partial charge is 0.491 e. The summed E-state index contributed by atoms with van der Waals surface area (Å²) in [6, 6.07) is 10.8. The van der Waals surface area contributed by atoms with E-state index < -0.39 is 0 Å². The molecule has 1 aromatic carbocycles. The van der Waals surface area contributed by atoms with Gasteiger partial charge in [-0.15, -0.1) is 0 Å². The molecule has 0 unspecified atom stereocenters. The summed E-state index contributed by atoms with van der Waals surface area (Å²) >= 11 is 0. The van der Waals surface area contributed by atoms with E-state index in [-0.39, 0.29) is 0 Å². The van der Waals surface area contributed by atoms with Gasteiger partial charge in [0.15, 0.2) is 0 Å². The number of ether oxygens (including phenoxy) is 2. The van der Waals surface area contributed by atoms with Crippen molar-refractivity contribution >= 4 is 0 Å². The maximum absolute atomic E-state index is 5.67. The van der Waals surface area contributed by atoms with Crippen LogP contribution < -0.4 is 4.74 Å². The molecule has 4 nitrogen and oxygen atoms in total. The molecule has 0 saturated heterocycles. The Kier molecular flexibility index (Phi) is 4.02. The molecule has 1 fully saturated rings. The zero-order valence-electron chi connectivity index (χ0n) is 11.8. The summed E-state index contributed by atoms with van der Waals surface area (Å²) in [5.74, 6) is 0.876. The molecule has 1 aliphatic rings. The van der Waals surface area contributed by atoms with Crippen LogP contribution in [0.2, 0.25) is 0 Å². The van der Waals surface area contributed by atoms with Crippen LogP contribution in [-0.2, 0) is 4.74 Å². The van der Waals surface area contributed by atoms with Gasteiger partial charge in [0.1, 0.15) is 12.4 Å². The van der Waals surface area contributed by atoms with E-state index >= 15 is 0 Å². The molecule has 4 heteroatoms. The summed E-state index contributed by atoms with van der Waals surface area (Å²) in [6.45, 7) is 1.17. The first-order valence-electron chi connectivity index (χ1n) is 7.14. The van der Waals surface area contributed by atoms with Gasteiger partial charge >= 0.3 is 0 Å². The van der Waals surface area contributed by atoms with E-state index in [1.165, 1.54) is 25.0 Å². The first-order valence-corrected chi connectivity index (χ1v) is 7.14. The highest BCUT2D eigenvalue weighted by Gasteiger charge is 2.22. The molecule has 0 radical (unpaired) electrons. The van der Waals surface area contributed by atoms with Crippen LogP contribution in [0.1, 0.15) is 25.3 Å². The van der Waals surface area contributed by atoms with E-state index in [1.807, 2.05) is 18.3 Å². The SMILES string of the molecule is COCCOc1cccc(-c2ccnn2C2CCC2)c1. The van der Waals surface area contributed by atoms with Gasteiger partial charge in [0, 0.05) is 18.9 Å². The summed E-state index contributed by atoms with van der Waals surface area (Å²) in [5.41, 5.74) is 2.33. The minimum absolute atomic E-state index is 0.568. The summed E-state index contributed by atoms with van der Waals surface area (Å²) in [4.78, 5) is 0. The molecule has 20 heavy (non-hydrogen) atoms. The van der Waals surface area contributed by atoms with Crippen molar-refractivity contribution in [2.75, 3.05) is 20.3 Å². The predicted octanol–water partition coefficient (Wildman–Crippen LogP) is 3.30. The van der Waals surface area contributed by atoms with Crippen molar-refractivity contribution in [2.24, 2.45) is 0 Å². The first kappa shape index (κ1) is 13.2. The Hall–Kier alpha value is -1.81. The van der Waals surface area contributed by atoms with Crippen LogP contribution in [0.4, 0.5) is 0 Å². The Morgan fingerprint density at radius 1 is 1.25 bits per heavy atom. The van der Waals surface area contributed by atoms with Crippen molar-refractivity contribution in [3.05, 3.63) is 36.5 Å². The number of nitrogens with zero attached hydrogens (tertiary/aromatic N) is 2. The minimum Gasteiger partial charge on any atom is -0.491 e. The number of hydrogen-bond donors (Lipinski definition) is 0. The Bertz CT molecular complexity index is 561. The second-order valence-electron chi connectivity index (χ2n) is 5.11. The molecule has 0 N–H and O–H groups in total. The van der Waals surface area contributed by atoms with E-state index in [4.69, 9.17) is 9.47 Å². The quantitative estimate of drug-likeness (QED) is 0.757. The molecule has 0 bridgehead atoms. The molecular weight excluding hydrogens is 252 g/mol. The molecule has 2 aromatic rings. The number of aromatic nitrogens is 2. The van der Waals surface area contributed by atoms with Gasteiger partial charge in [0.25, 0.3) is 0 Å². The number of hydrogen-bond acceptors (Lipinski definition) is 3. The summed E-state index contributed by atoms with van der Waals surface area (Å²) in [5, 5.41) is 4.48. The average Bonchev–Trinajstić information content (AvgIpc) is 2.86. The number of benzene rings is 1. The predicted molar refractivity (Wildman–Crippen MR) is 77.9 cm³/mol. The lowest BCUT2D eigenvalue weighted by Gasteiger charge is -2.27. The molecule has 3 rings (SSSR count). The Morgan fingerprint density at radius 3 is 2.90 bits per heavy atom. The van der Waals surface area contributed by atoms with Crippen LogP contribution in [0.25, 0.3) is 11.3 Å². The highest BCUT2D eigenvalue weighted by atomic mass is 16.5. The maximum atomic E-state index is 5.67.